The molecule has 0 radical (unpaired) electrons. The summed E-state index contributed by atoms with van der Waals surface area (Å²) >= 11 is 5.33. The average molecular weight is 346 g/mol. The van der Waals surface area contributed by atoms with Gasteiger partial charge < -0.3 is 10.6 Å². The molecule has 108 valence electrons. The SMILES string of the molecule is CN1CCC(CN(C)C(CN)c2cc(Br)cs2)CC1. The molecule has 1 unspecified atom stereocenters. The van der Waals surface area contributed by atoms with Gasteiger partial charge in [-0.1, -0.05) is 0 Å². The fourth-order valence-electron chi connectivity index (χ4n) is 2.80. The molecule has 1 fully saturated rings. The molecule has 1 aliphatic heterocycles. The van der Waals surface area contributed by atoms with Crippen LogP contribution in [0, 0.1) is 5.92 Å². The van der Waals surface area contributed by atoms with E-state index in [0.717, 1.165) is 12.5 Å². The Bertz CT molecular complexity index is 388. The molecular weight excluding hydrogens is 322 g/mol. The molecule has 2 heterocycles. The highest BCUT2D eigenvalue weighted by molar-refractivity contribution is 9.10. The Morgan fingerprint density at radius 1 is 1.53 bits per heavy atom. The van der Waals surface area contributed by atoms with Crippen molar-refractivity contribution in [2.75, 3.05) is 40.3 Å². The summed E-state index contributed by atoms with van der Waals surface area (Å²) in [5.74, 6) is 0.818. The molecule has 1 aromatic rings. The number of piperidine rings is 1. The van der Waals surface area contributed by atoms with Gasteiger partial charge in [-0.25, -0.2) is 0 Å². The Morgan fingerprint density at radius 3 is 2.74 bits per heavy atom. The Balaban J connectivity index is 1.91. The predicted octanol–water partition coefficient (Wildman–Crippen LogP) is 2.78. The quantitative estimate of drug-likeness (QED) is 0.890. The zero-order chi connectivity index (χ0) is 13.8. The van der Waals surface area contributed by atoms with Crippen molar-refractivity contribution in [2.24, 2.45) is 11.7 Å². The number of rotatable bonds is 5. The Hall–Kier alpha value is 0.0600. The van der Waals surface area contributed by atoms with E-state index in [1.165, 1.54) is 35.3 Å². The minimum absolute atomic E-state index is 0.357. The zero-order valence-corrected chi connectivity index (χ0v) is 14.2. The Labute approximate surface area is 128 Å². The van der Waals surface area contributed by atoms with E-state index in [4.69, 9.17) is 5.73 Å². The van der Waals surface area contributed by atoms with Gasteiger partial charge in [0.05, 0.1) is 6.04 Å². The number of likely N-dealkylation sites (N-methyl/N-ethyl adjacent to an activating group) is 1. The van der Waals surface area contributed by atoms with Gasteiger partial charge in [0.1, 0.15) is 0 Å². The van der Waals surface area contributed by atoms with Crippen molar-refractivity contribution in [3.8, 4) is 0 Å². The number of nitrogens with two attached hydrogens (primary N) is 1. The average Bonchev–Trinajstić information content (AvgIpc) is 2.80. The van der Waals surface area contributed by atoms with Crippen LogP contribution < -0.4 is 5.73 Å². The first kappa shape index (κ1) is 15.4. The lowest BCUT2D eigenvalue weighted by molar-refractivity contribution is 0.153. The van der Waals surface area contributed by atoms with Gasteiger partial charge in [0.2, 0.25) is 0 Å². The molecule has 0 aromatic carbocycles. The minimum atomic E-state index is 0.357. The smallest absolute Gasteiger partial charge is 0.0562 e. The van der Waals surface area contributed by atoms with Crippen molar-refractivity contribution in [1.29, 1.82) is 0 Å². The first-order valence-corrected chi connectivity index (χ1v) is 8.60. The third-order valence-electron chi connectivity index (χ3n) is 4.06. The van der Waals surface area contributed by atoms with Crippen molar-refractivity contribution in [1.82, 2.24) is 9.80 Å². The minimum Gasteiger partial charge on any atom is -0.329 e. The molecule has 1 aliphatic rings. The van der Waals surface area contributed by atoms with Gasteiger partial charge in [0.25, 0.3) is 0 Å². The van der Waals surface area contributed by atoms with Gasteiger partial charge in [-0.05, 0) is 67.9 Å². The number of likely N-dealkylation sites (tertiary alicyclic amines) is 1. The van der Waals surface area contributed by atoms with Crippen LogP contribution in [0.1, 0.15) is 23.8 Å². The second-order valence-electron chi connectivity index (χ2n) is 5.61. The topological polar surface area (TPSA) is 32.5 Å². The highest BCUT2D eigenvalue weighted by Crippen LogP contribution is 2.29. The lowest BCUT2D eigenvalue weighted by atomic mass is 9.96. The number of hydrogen-bond acceptors (Lipinski definition) is 4. The summed E-state index contributed by atoms with van der Waals surface area (Å²) in [7, 11) is 4.43. The summed E-state index contributed by atoms with van der Waals surface area (Å²) in [6.07, 6.45) is 2.62. The molecule has 5 heteroatoms. The third-order valence-corrected chi connectivity index (χ3v) is 5.85. The van der Waals surface area contributed by atoms with Crippen molar-refractivity contribution in [3.05, 3.63) is 20.8 Å². The van der Waals surface area contributed by atoms with Crippen molar-refractivity contribution >= 4 is 27.3 Å². The molecule has 2 rings (SSSR count). The number of halogens is 1. The van der Waals surface area contributed by atoms with E-state index in [1.54, 1.807) is 11.3 Å². The molecule has 2 N–H and O–H groups in total. The molecule has 0 amide bonds. The number of hydrogen-bond donors (Lipinski definition) is 1. The second kappa shape index (κ2) is 7.18. The third kappa shape index (κ3) is 4.26. The monoisotopic (exact) mass is 345 g/mol. The second-order valence-corrected chi connectivity index (χ2v) is 7.46. The maximum Gasteiger partial charge on any atom is 0.0562 e. The molecular formula is C14H24BrN3S. The van der Waals surface area contributed by atoms with E-state index in [0.29, 0.717) is 12.6 Å². The van der Waals surface area contributed by atoms with Crippen molar-refractivity contribution < 1.29 is 0 Å². The van der Waals surface area contributed by atoms with Gasteiger partial charge in [0.15, 0.2) is 0 Å². The number of thiophene rings is 1. The highest BCUT2D eigenvalue weighted by Gasteiger charge is 2.23. The Morgan fingerprint density at radius 2 is 2.21 bits per heavy atom. The van der Waals surface area contributed by atoms with E-state index in [9.17, 15) is 0 Å². The first-order chi connectivity index (χ1) is 9.10. The lowest BCUT2D eigenvalue weighted by Crippen LogP contribution is -2.38. The van der Waals surface area contributed by atoms with Crippen LogP contribution in [0.5, 0.6) is 0 Å². The largest absolute Gasteiger partial charge is 0.329 e. The molecule has 1 saturated heterocycles. The summed E-state index contributed by atoms with van der Waals surface area (Å²) in [6, 6.07) is 2.56. The standard InChI is InChI=1S/C14H24BrN3S/c1-17-5-3-11(4-6-17)9-18(2)13(8-16)14-7-12(15)10-19-14/h7,10-11,13H,3-6,8-9,16H2,1-2H3. The summed E-state index contributed by atoms with van der Waals surface area (Å²) in [5, 5.41) is 2.14. The van der Waals surface area contributed by atoms with Gasteiger partial charge in [-0.3, -0.25) is 4.90 Å². The normalized spacial score (nSPS) is 20.1. The molecule has 1 atom stereocenters. The van der Waals surface area contributed by atoms with E-state index < -0.39 is 0 Å². The maximum atomic E-state index is 5.98. The van der Waals surface area contributed by atoms with Gasteiger partial charge in [-0.15, -0.1) is 11.3 Å². The zero-order valence-electron chi connectivity index (χ0n) is 11.8. The first-order valence-electron chi connectivity index (χ1n) is 6.93. The molecule has 3 nitrogen and oxygen atoms in total. The lowest BCUT2D eigenvalue weighted by Gasteiger charge is -2.34. The van der Waals surface area contributed by atoms with Gasteiger partial charge in [0, 0.05) is 27.8 Å². The van der Waals surface area contributed by atoms with Crippen LogP contribution in [-0.4, -0.2) is 50.1 Å². The number of nitrogens with zero attached hydrogens (tertiary/aromatic N) is 2. The van der Waals surface area contributed by atoms with E-state index in [-0.39, 0.29) is 0 Å². The predicted molar refractivity (Wildman–Crippen MR) is 86.7 cm³/mol. The van der Waals surface area contributed by atoms with Crippen LogP contribution in [0.3, 0.4) is 0 Å². The summed E-state index contributed by atoms with van der Waals surface area (Å²) in [4.78, 5) is 6.23. The van der Waals surface area contributed by atoms with E-state index in [1.807, 2.05) is 0 Å². The molecule has 0 aliphatic carbocycles. The highest BCUT2D eigenvalue weighted by atomic mass is 79.9. The molecule has 1 aromatic heterocycles. The molecule has 0 spiro atoms. The molecule has 0 bridgehead atoms. The van der Waals surface area contributed by atoms with Crippen LogP contribution in [0.2, 0.25) is 0 Å². The van der Waals surface area contributed by atoms with Crippen LogP contribution >= 0.6 is 27.3 Å². The van der Waals surface area contributed by atoms with Crippen LogP contribution in [0.4, 0.5) is 0 Å². The van der Waals surface area contributed by atoms with Crippen LogP contribution in [0.15, 0.2) is 15.9 Å². The maximum absolute atomic E-state index is 5.98. The van der Waals surface area contributed by atoms with Gasteiger partial charge >= 0.3 is 0 Å². The van der Waals surface area contributed by atoms with Crippen molar-refractivity contribution in [3.63, 3.8) is 0 Å². The Kier molecular flexibility index (Phi) is 5.84. The fourth-order valence-corrected chi connectivity index (χ4v) is 4.42. The van der Waals surface area contributed by atoms with E-state index >= 15 is 0 Å². The fraction of sp³-hybridized carbons (Fsp3) is 0.714. The van der Waals surface area contributed by atoms with Crippen LogP contribution in [0.25, 0.3) is 0 Å². The van der Waals surface area contributed by atoms with Crippen molar-refractivity contribution in [2.45, 2.75) is 18.9 Å². The summed E-state index contributed by atoms with van der Waals surface area (Å²) < 4.78 is 1.17. The molecule has 0 saturated carbocycles. The van der Waals surface area contributed by atoms with E-state index in [2.05, 4.69) is 51.3 Å². The van der Waals surface area contributed by atoms with Gasteiger partial charge in [-0.2, -0.15) is 0 Å². The molecule has 19 heavy (non-hydrogen) atoms. The summed E-state index contributed by atoms with van der Waals surface area (Å²) in [5.41, 5.74) is 5.98. The summed E-state index contributed by atoms with van der Waals surface area (Å²) in [6.45, 7) is 4.31. The van der Waals surface area contributed by atoms with Crippen LogP contribution in [-0.2, 0) is 0 Å².